The van der Waals surface area contributed by atoms with Crippen LogP contribution in [-0.2, 0) is 6.42 Å². The highest BCUT2D eigenvalue weighted by atomic mass is 16.3. The Morgan fingerprint density at radius 3 is 1.69 bits per heavy atom. The normalized spacial score (nSPS) is 12.4. The van der Waals surface area contributed by atoms with E-state index in [0.717, 1.165) is 46.9 Å². The molecule has 0 atom stereocenters. The molecule has 61 heavy (non-hydrogen) atoms. The standard InChI is InChI=1S/C58H40N2O/c1-3-13-39(14-4-1)40-23-30-45(31-24-40)59(46-32-25-41(26-33-46)43-29-36-57-53(37-43)50-19-10-12-22-56(50)61-57)47-34-27-42(28-35-47)52-38-54-49-18-9-11-21-55(49)60(44-15-5-2-6-16-44)58(54)51-20-8-7-17-48(51)52/h1-11,13-21,23-38H,12,22H2. The number of nitrogens with zero attached hydrogens (tertiary/aromatic N) is 2. The largest absolute Gasteiger partial charge is 0.460 e. The molecule has 288 valence electrons. The number of aryl methyl sites for hydroxylation is 1. The smallest absolute Gasteiger partial charge is 0.134 e. The van der Waals surface area contributed by atoms with Gasteiger partial charge in [-0.05, 0) is 118 Å². The fourth-order valence-corrected chi connectivity index (χ4v) is 9.51. The van der Waals surface area contributed by atoms with Gasteiger partial charge in [-0.3, -0.25) is 0 Å². The Morgan fingerprint density at radius 1 is 0.426 bits per heavy atom. The molecule has 11 aromatic rings. The quantitative estimate of drug-likeness (QED) is 0.161. The van der Waals surface area contributed by atoms with Crippen molar-refractivity contribution in [2.75, 3.05) is 4.90 Å². The highest BCUT2D eigenvalue weighted by molar-refractivity contribution is 6.22. The number of allylic oxidation sites excluding steroid dienone is 1. The summed E-state index contributed by atoms with van der Waals surface area (Å²) in [5.74, 6) is 1.09. The molecule has 1 aliphatic carbocycles. The lowest BCUT2D eigenvalue weighted by Gasteiger charge is -2.26. The van der Waals surface area contributed by atoms with Gasteiger partial charge in [0.1, 0.15) is 11.3 Å². The van der Waals surface area contributed by atoms with Gasteiger partial charge in [0.15, 0.2) is 0 Å². The first kappa shape index (κ1) is 35.1. The van der Waals surface area contributed by atoms with E-state index >= 15 is 0 Å². The van der Waals surface area contributed by atoms with Gasteiger partial charge in [-0.25, -0.2) is 0 Å². The van der Waals surface area contributed by atoms with Crippen LogP contribution in [0.3, 0.4) is 0 Å². The third-order valence-corrected chi connectivity index (χ3v) is 12.4. The maximum Gasteiger partial charge on any atom is 0.134 e. The molecular weight excluding hydrogens is 741 g/mol. The maximum atomic E-state index is 6.22. The van der Waals surface area contributed by atoms with Gasteiger partial charge >= 0.3 is 0 Å². The predicted molar refractivity (Wildman–Crippen MR) is 256 cm³/mol. The molecule has 0 saturated heterocycles. The number of furan rings is 1. The summed E-state index contributed by atoms with van der Waals surface area (Å²) in [6.45, 7) is 0. The van der Waals surface area contributed by atoms with E-state index in [-0.39, 0.29) is 0 Å². The zero-order valence-corrected chi connectivity index (χ0v) is 33.5. The minimum absolute atomic E-state index is 0.956. The van der Waals surface area contributed by atoms with E-state index in [0.29, 0.717) is 0 Å². The molecule has 9 aromatic carbocycles. The van der Waals surface area contributed by atoms with Gasteiger partial charge < -0.3 is 13.9 Å². The molecule has 0 bridgehead atoms. The highest BCUT2D eigenvalue weighted by Gasteiger charge is 2.20. The first-order valence-corrected chi connectivity index (χ1v) is 21.1. The van der Waals surface area contributed by atoms with Crippen LogP contribution >= 0.6 is 0 Å². The molecule has 0 unspecified atom stereocenters. The Morgan fingerprint density at radius 2 is 0.984 bits per heavy atom. The van der Waals surface area contributed by atoms with Crippen molar-refractivity contribution in [2.24, 2.45) is 0 Å². The number of para-hydroxylation sites is 2. The summed E-state index contributed by atoms with van der Waals surface area (Å²) in [4.78, 5) is 2.36. The minimum atomic E-state index is 0.956. The fraction of sp³-hybridized carbons (Fsp3) is 0.0345. The van der Waals surface area contributed by atoms with Crippen LogP contribution in [0.25, 0.3) is 88.7 Å². The Labute approximate surface area is 354 Å². The van der Waals surface area contributed by atoms with Gasteiger partial charge in [0.05, 0.1) is 11.0 Å². The summed E-state index contributed by atoms with van der Waals surface area (Å²) in [5, 5.41) is 6.15. The second-order valence-electron chi connectivity index (χ2n) is 16.0. The summed E-state index contributed by atoms with van der Waals surface area (Å²) in [5.41, 5.74) is 16.2. The van der Waals surface area contributed by atoms with Crippen molar-refractivity contribution >= 4 is 66.7 Å². The number of anilines is 3. The van der Waals surface area contributed by atoms with Crippen LogP contribution in [0, 0.1) is 0 Å². The van der Waals surface area contributed by atoms with Crippen LogP contribution in [-0.4, -0.2) is 4.57 Å². The monoisotopic (exact) mass is 780 g/mol. The van der Waals surface area contributed by atoms with Crippen molar-refractivity contribution in [1.82, 2.24) is 4.57 Å². The van der Waals surface area contributed by atoms with Crippen molar-refractivity contribution in [3.05, 3.63) is 224 Å². The SMILES string of the molecule is C1=Cc2c(oc3ccc(-c4ccc(N(c5ccc(-c6ccccc6)cc5)c5ccc(-c6cc7c8ccccc8n(-c8ccccc8)c7c7ccccc67)cc5)cc4)cc23)CC1. The second-order valence-corrected chi connectivity index (χ2v) is 16.0. The van der Waals surface area contributed by atoms with E-state index in [9.17, 15) is 0 Å². The first-order valence-electron chi connectivity index (χ1n) is 21.1. The molecule has 1 aliphatic rings. The molecule has 12 rings (SSSR count). The van der Waals surface area contributed by atoms with Crippen LogP contribution in [0.2, 0.25) is 0 Å². The van der Waals surface area contributed by atoms with Gasteiger partial charge in [0.2, 0.25) is 0 Å². The Kier molecular flexibility index (Phi) is 8.31. The van der Waals surface area contributed by atoms with E-state index in [1.165, 1.54) is 76.9 Å². The zero-order valence-electron chi connectivity index (χ0n) is 33.5. The van der Waals surface area contributed by atoms with Gasteiger partial charge in [0, 0.05) is 56.3 Å². The zero-order chi connectivity index (χ0) is 40.3. The van der Waals surface area contributed by atoms with E-state index in [2.05, 4.69) is 228 Å². The summed E-state index contributed by atoms with van der Waals surface area (Å²) in [6.07, 6.45) is 6.46. The van der Waals surface area contributed by atoms with Crippen LogP contribution in [0.15, 0.2) is 217 Å². The lowest BCUT2D eigenvalue weighted by Crippen LogP contribution is -2.09. The Bertz CT molecular complexity index is 3430. The number of aromatic nitrogens is 1. The molecule has 3 heteroatoms. The van der Waals surface area contributed by atoms with E-state index in [4.69, 9.17) is 4.42 Å². The molecule has 0 radical (unpaired) electrons. The average Bonchev–Trinajstić information content (AvgIpc) is 3.88. The van der Waals surface area contributed by atoms with Gasteiger partial charge in [-0.2, -0.15) is 0 Å². The first-order chi connectivity index (χ1) is 30.2. The van der Waals surface area contributed by atoms with Gasteiger partial charge in [-0.1, -0.05) is 146 Å². The molecule has 2 aromatic heterocycles. The van der Waals surface area contributed by atoms with Crippen molar-refractivity contribution in [3.8, 4) is 39.1 Å². The maximum absolute atomic E-state index is 6.22. The van der Waals surface area contributed by atoms with Crippen LogP contribution < -0.4 is 4.90 Å². The molecule has 0 fully saturated rings. The Hall–Kier alpha value is -7.88. The lowest BCUT2D eigenvalue weighted by atomic mass is 9.95. The third kappa shape index (κ3) is 5.97. The van der Waals surface area contributed by atoms with E-state index in [1.807, 2.05) is 0 Å². The van der Waals surface area contributed by atoms with Gasteiger partial charge in [-0.15, -0.1) is 0 Å². The second kappa shape index (κ2) is 14.4. The molecule has 2 heterocycles. The van der Waals surface area contributed by atoms with E-state index in [1.54, 1.807) is 0 Å². The molecule has 0 aliphatic heterocycles. The molecule has 0 saturated carbocycles. The summed E-state index contributed by atoms with van der Waals surface area (Å²) < 4.78 is 8.64. The van der Waals surface area contributed by atoms with Crippen molar-refractivity contribution in [2.45, 2.75) is 12.8 Å². The minimum Gasteiger partial charge on any atom is -0.460 e. The third-order valence-electron chi connectivity index (χ3n) is 12.4. The number of hydrogen-bond donors (Lipinski definition) is 0. The molecule has 3 nitrogen and oxygen atoms in total. The molecular formula is C58H40N2O. The highest BCUT2D eigenvalue weighted by Crippen LogP contribution is 2.43. The predicted octanol–water partition coefficient (Wildman–Crippen LogP) is 16.1. The lowest BCUT2D eigenvalue weighted by molar-refractivity contribution is 0.546. The topological polar surface area (TPSA) is 21.3 Å². The number of fused-ring (bicyclic) bond motifs is 8. The molecule has 0 spiro atoms. The summed E-state index contributed by atoms with van der Waals surface area (Å²) in [7, 11) is 0. The molecule has 0 N–H and O–H groups in total. The Balaban J connectivity index is 0.963. The van der Waals surface area contributed by atoms with Crippen molar-refractivity contribution in [3.63, 3.8) is 0 Å². The average molecular weight is 781 g/mol. The molecule has 0 amide bonds. The number of benzene rings is 9. The summed E-state index contributed by atoms with van der Waals surface area (Å²) in [6, 6.07) is 74.9. The number of rotatable bonds is 7. The van der Waals surface area contributed by atoms with Crippen LogP contribution in [0.4, 0.5) is 17.1 Å². The number of hydrogen-bond acceptors (Lipinski definition) is 2. The van der Waals surface area contributed by atoms with Crippen LogP contribution in [0.5, 0.6) is 0 Å². The van der Waals surface area contributed by atoms with Crippen LogP contribution in [0.1, 0.15) is 17.7 Å². The van der Waals surface area contributed by atoms with Crippen molar-refractivity contribution < 1.29 is 4.42 Å². The van der Waals surface area contributed by atoms with Crippen molar-refractivity contribution in [1.29, 1.82) is 0 Å². The van der Waals surface area contributed by atoms with Gasteiger partial charge in [0.25, 0.3) is 0 Å². The summed E-state index contributed by atoms with van der Waals surface area (Å²) >= 11 is 0. The van der Waals surface area contributed by atoms with E-state index < -0.39 is 0 Å². The fourth-order valence-electron chi connectivity index (χ4n) is 9.51.